The number of amides is 2. The molecule has 2 amide bonds. The molecule has 0 saturated carbocycles. The van der Waals surface area contributed by atoms with E-state index in [2.05, 4.69) is 19.2 Å². The van der Waals surface area contributed by atoms with Crippen molar-refractivity contribution < 1.29 is 9.59 Å². The number of nitrogens with zero attached hydrogens (tertiary/aromatic N) is 1. The molecule has 2 rings (SSSR count). The van der Waals surface area contributed by atoms with Crippen LogP contribution >= 0.6 is 11.6 Å². The zero-order chi connectivity index (χ0) is 19.1. The van der Waals surface area contributed by atoms with Crippen molar-refractivity contribution in [2.45, 2.75) is 33.6 Å². The highest BCUT2D eigenvalue weighted by molar-refractivity contribution is 6.31. The number of halogens is 1. The minimum absolute atomic E-state index is 0.00553. The van der Waals surface area contributed by atoms with Crippen molar-refractivity contribution in [3.8, 4) is 0 Å². The van der Waals surface area contributed by atoms with Crippen LogP contribution in [0, 0.1) is 6.92 Å². The molecule has 138 valence electrons. The molecule has 2 aromatic carbocycles. The van der Waals surface area contributed by atoms with Crippen molar-refractivity contribution in [3.63, 3.8) is 0 Å². The summed E-state index contributed by atoms with van der Waals surface area (Å²) in [6, 6.07) is 12.2. The molecule has 0 aliphatic rings. The molecule has 5 heteroatoms. The fourth-order valence-corrected chi connectivity index (χ4v) is 2.86. The van der Waals surface area contributed by atoms with Crippen LogP contribution < -0.4 is 5.32 Å². The fraction of sp³-hybridized carbons (Fsp3) is 0.333. The van der Waals surface area contributed by atoms with Crippen LogP contribution in [0.2, 0.25) is 5.02 Å². The van der Waals surface area contributed by atoms with E-state index in [1.54, 1.807) is 30.3 Å². The van der Waals surface area contributed by atoms with E-state index >= 15 is 0 Å². The van der Waals surface area contributed by atoms with Gasteiger partial charge in [0.15, 0.2) is 0 Å². The molecule has 2 aromatic rings. The van der Waals surface area contributed by atoms with E-state index in [9.17, 15) is 9.59 Å². The van der Waals surface area contributed by atoms with E-state index in [1.165, 1.54) is 0 Å². The molecule has 0 fully saturated rings. The zero-order valence-electron chi connectivity index (χ0n) is 15.5. The van der Waals surface area contributed by atoms with Gasteiger partial charge in [0.1, 0.15) is 0 Å². The predicted molar refractivity (Wildman–Crippen MR) is 107 cm³/mol. The number of benzene rings is 2. The van der Waals surface area contributed by atoms with E-state index in [0.29, 0.717) is 21.8 Å². The molecule has 0 atom stereocenters. The average molecular weight is 373 g/mol. The van der Waals surface area contributed by atoms with Gasteiger partial charge in [-0.3, -0.25) is 9.59 Å². The molecule has 0 saturated heterocycles. The SMILES string of the molecule is CCCN(CCC)C(=O)c1ccc(C(=O)Nc2ccc(C)c(Cl)c2)cc1. The highest BCUT2D eigenvalue weighted by Gasteiger charge is 2.15. The molecule has 0 aliphatic heterocycles. The van der Waals surface area contributed by atoms with Crippen molar-refractivity contribution in [3.05, 3.63) is 64.2 Å². The fourth-order valence-electron chi connectivity index (χ4n) is 2.68. The lowest BCUT2D eigenvalue weighted by Crippen LogP contribution is -2.32. The summed E-state index contributed by atoms with van der Waals surface area (Å²) >= 11 is 6.09. The molecule has 0 bridgehead atoms. The van der Waals surface area contributed by atoms with Crippen molar-refractivity contribution in [1.82, 2.24) is 4.90 Å². The van der Waals surface area contributed by atoms with Gasteiger partial charge in [0.25, 0.3) is 11.8 Å². The lowest BCUT2D eigenvalue weighted by atomic mass is 10.1. The van der Waals surface area contributed by atoms with Crippen molar-refractivity contribution in [2.24, 2.45) is 0 Å². The Bertz CT molecular complexity index is 766. The van der Waals surface area contributed by atoms with Gasteiger partial charge in [-0.2, -0.15) is 0 Å². The number of rotatable bonds is 7. The third-order valence-corrected chi connectivity index (χ3v) is 4.51. The van der Waals surface area contributed by atoms with Gasteiger partial charge in [-0.1, -0.05) is 31.5 Å². The van der Waals surface area contributed by atoms with Crippen LogP contribution in [0.25, 0.3) is 0 Å². The summed E-state index contributed by atoms with van der Waals surface area (Å²) < 4.78 is 0. The summed E-state index contributed by atoms with van der Waals surface area (Å²) in [6.45, 7) is 7.50. The van der Waals surface area contributed by atoms with Crippen molar-refractivity contribution in [1.29, 1.82) is 0 Å². The first-order valence-corrected chi connectivity index (χ1v) is 9.30. The second-order valence-corrected chi connectivity index (χ2v) is 6.69. The molecule has 0 aliphatic carbocycles. The van der Waals surface area contributed by atoms with Gasteiger partial charge >= 0.3 is 0 Å². The van der Waals surface area contributed by atoms with Crippen LogP contribution in [-0.2, 0) is 0 Å². The Kier molecular flexibility index (Phi) is 7.22. The summed E-state index contributed by atoms with van der Waals surface area (Å²) in [5, 5.41) is 3.43. The predicted octanol–water partition coefficient (Wildman–Crippen LogP) is 5.16. The number of carbonyl (C=O) groups excluding carboxylic acids is 2. The number of carbonyl (C=O) groups is 2. The minimum Gasteiger partial charge on any atom is -0.339 e. The quantitative estimate of drug-likeness (QED) is 0.729. The first-order chi connectivity index (χ1) is 12.5. The van der Waals surface area contributed by atoms with Gasteiger partial charge in [0.05, 0.1) is 0 Å². The van der Waals surface area contributed by atoms with E-state index in [1.807, 2.05) is 24.0 Å². The highest BCUT2D eigenvalue weighted by atomic mass is 35.5. The standard InChI is InChI=1S/C21H25ClN2O2/c1-4-12-24(13-5-2)21(26)17-9-7-16(8-10-17)20(25)23-18-11-6-15(3)19(22)14-18/h6-11,14H,4-5,12-13H2,1-3H3,(H,23,25). The molecule has 0 unspecified atom stereocenters. The molecule has 0 spiro atoms. The number of nitrogens with one attached hydrogen (secondary N) is 1. The molecule has 0 aromatic heterocycles. The van der Waals surface area contributed by atoms with Gasteiger partial charge in [-0.15, -0.1) is 0 Å². The zero-order valence-corrected chi connectivity index (χ0v) is 16.3. The Balaban J connectivity index is 2.09. The second kappa shape index (κ2) is 9.39. The monoisotopic (exact) mass is 372 g/mol. The highest BCUT2D eigenvalue weighted by Crippen LogP contribution is 2.20. The van der Waals surface area contributed by atoms with E-state index in [0.717, 1.165) is 31.5 Å². The van der Waals surface area contributed by atoms with Crippen LogP contribution in [0.5, 0.6) is 0 Å². The van der Waals surface area contributed by atoms with Crippen LogP contribution in [0.1, 0.15) is 53.0 Å². The Morgan fingerprint density at radius 1 is 0.962 bits per heavy atom. The Morgan fingerprint density at radius 3 is 2.08 bits per heavy atom. The van der Waals surface area contributed by atoms with E-state index in [4.69, 9.17) is 11.6 Å². The van der Waals surface area contributed by atoms with Gasteiger partial charge in [0, 0.05) is 34.9 Å². The van der Waals surface area contributed by atoms with Crippen LogP contribution in [-0.4, -0.2) is 29.8 Å². The van der Waals surface area contributed by atoms with Crippen molar-refractivity contribution >= 4 is 29.1 Å². The van der Waals surface area contributed by atoms with Crippen molar-refractivity contribution in [2.75, 3.05) is 18.4 Å². The summed E-state index contributed by atoms with van der Waals surface area (Å²) in [6.07, 6.45) is 1.84. The molecule has 0 radical (unpaired) electrons. The van der Waals surface area contributed by atoms with E-state index in [-0.39, 0.29) is 11.8 Å². The Labute approximate surface area is 160 Å². The average Bonchev–Trinajstić information content (AvgIpc) is 2.64. The molecule has 4 nitrogen and oxygen atoms in total. The Hall–Kier alpha value is -2.33. The molecular formula is C21H25ClN2O2. The van der Waals surface area contributed by atoms with Crippen LogP contribution in [0.4, 0.5) is 5.69 Å². The largest absolute Gasteiger partial charge is 0.339 e. The normalized spacial score (nSPS) is 10.5. The smallest absolute Gasteiger partial charge is 0.255 e. The Morgan fingerprint density at radius 2 is 1.54 bits per heavy atom. The molecule has 1 N–H and O–H groups in total. The van der Waals surface area contributed by atoms with Gasteiger partial charge < -0.3 is 10.2 Å². The van der Waals surface area contributed by atoms with Gasteiger partial charge in [-0.05, 0) is 61.7 Å². The maximum absolute atomic E-state index is 12.6. The number of hydrogen-bond acceptors (Lipinski definition) is 2. The van der Waals surface area contributed by atoms with Gasteiger partial charge in [0.2, 0.25) is 0 Å². The molecule has 0 heterocycles. The first kappa shape index (κ1) is 20.0. The maximum atomic E-state index is 12.6. The molecular weight excluding hydrogens is 348 g/mol. The number of aryl methyl sites for hydroxylation is 1. The summed E-state index contributed by atoms with van der Waals surface area (Å²) in [4.78, 5) is 26.8. The first-order valence-electron chi connectivity index (χ1n) is 8.93. The van der Waals surface area contributed by atoms with E-state index < -0.39 is 0 Å². The minimum atomic E-state index is -0.233. The third-order valence-electron chi connectivity index (χ3n) is 4.10. The summed E-state index contributed by atoms with van der Waals surface area (Å²) in [7, 11) is 0. The third kappa shape index (κ3) is 5.09. The summed E-state index contributed by atoms with van der Waals surface area (Å²) in [5.41, 5.74) is 2.69. The maximum Gasteiger partial charge on any atom is 0.255 e. The van der Waals surface area contributed by atoms with Crippen LogP contribution in [0.15, 0.2) is 42.5 Å². The molecule has 26 heavy (non-hydrogen) atoms. The van der Waals surface area contributed by atoms with Gasteiger partial charge in [-0.25, -0.2) is 0 Å². The number of anilines is 1. The topological polar surface area (TPSA) is 49.4 Å². The summed E-state index contributed by atoms with van der Waals surface area (Å²) in [5.74, 6) is -0.228. The second-order valence-electron chi connectivity index (χ2n) is 6.29. The lowest BCUT2D eigenvalue weighted by Gasteiger charge is -2.21. The number of hydrogen-bond donors (Lipinski definition) is 1. The van der Waals surface area contributed by atoms with Crippen LogP contribution in [0.3, 0.4) is 0 Å². The lowest BCUT2D eigenvalue weighted by molar-refractivity contribution is 0.0755.